The number of pyridine rings is 1. The summed E-state index contributed by atoms with van der Waals surface area (Å²) in [6, 6.07) is 2.04. The minimum Gasteiger partial charge on any atom is -0.384 e. The van der Waals surface area contributed by atoms with Crippen molar-refractivity contribution in [1.29, 1.82) is 0 Å². The number of aromatic nitrogens is 1. The molecule has 1 saturated heterocycles. The quantitative estimate of drug-likeness (QED) is 0.850. The number of nitrogens with one attached hydrogen (secondary N) is 1. The highest BCUT2D eigenvalue weighted by Gasteiger charge is 2.26. The van der Waals surface area contributed by atoms with Gasteiger partial charge in [-0.05, 0) is 36.8 Å². The van der Waals surface area contributed by atoms with Gasteiger partial charge in [0.05, 0.1) is 0 Å². The Morgan fingerprint density at radius 2 is 2.19 bits per heavy atom. The van der Waals surface area contributed by atoms with Gasteiger partial charge >= 0.3 is 0 Å². The van der Waals surface area contributed by atoms with E-state index in [0.717, 1.165) is 32.6 Å². The summed E-state index contributed by atoms with van der Waals surface area (Å²) in [5.74, 6) is 0. The maximum atomic E-state index is 5.40. The zero-order valence-corrected chi connectivity index (χ0v) is 10.1. The van der Waals surface area contributed by atoms with Gasteiger partial charge in [0.1, 0.15) is 0 Å². The van der Waals surface area contributed by atoms with E-state index in [0.29, 0.717) is 5.41 Å². The van der Waals surface area contributed by atoms with Crippen LogP contribution in [0.25, 0.3) is 0 Å². The molecular weight excluding hydrogens is 200 g/mol. The molecule has 1 aliphatic heterocycles. The summed E-state index contributed by atoms with van der Waals surface area (Å²) < 4.78 is 5.40. The molecule has 0 radical (unpaired) electrons. The number of nitrogens with zero attached hydrogens (tertiary/aromatic N) is 1. The lowest BCUT2D eigenvalue weighted by Gasteiger charge is -2.34. The summed E-state index contributed by atoms with van der Waals surface area (Å²) in [7, 11) is 0. The molecule has 0 atom stereocenters. The molecule has 1 N–H and O–H groups in total. The molecule has 3 nitrogen and oxygen atoms in total. The topological polar surface area (TPSA) is 34.2 Å². The second kappa shape index (κ2) is 4.83. The van der Waals surface area contributed by atoms with E-state index in [-0.39, 0.29) is 0 Å². The van der Waals surface area contributed by atoms with E-state index in [1.165, 1.54) is 11.3 Å². The second-order valence-corrected chi connectivity index (χ2v) is 4.97. The molecule has 0 spiro atoms. The van der Waals surface area contributed by atoms with Crippen LogP contribution in [0.4, 0.5) is 5.69 Å². The fraction of sp³-hybridized carbons (Fsp3) is 0.615. The summed E-state index contributed by atoms with van der Waals surface area (Å²) >= 11 is 0. The Morgan fingerprint density at radius 3 is 2.88 bits per heavy atom. The Morgan fingerprint density at radius 1 is 1.44 bits per heavy atom. The van der Waals surface area contributed by atoms with Crippen molar-refractivity contribution in [3.63, 3.8) is 0 Å². The number of ether oxygens (including phenoxy) is 1. The van der Waals surface area contributed by atoms with Crippen molar-refractivity contribution in [3.05, 3.63) is 24.0 Å². The molecule has 2 rings (SSSR count). The average Bonchev–Trinajstić information content (AvgIpc) is 2.29. The standard InChI is InChI=1S/C13H20N2O/c1-11-9-14-6-3-12(11)15-10-13(2)4-7-16-8-5-13/h3,6,9H,4-5,7-8,10H2,1-2H3,(H,14,15). The zero-order chi connectivity index (χ0) is 11.4. The van der Waals surface area contributed by atoms with Gasteiger partial charge in [0.25, 0.3) is 0 Å². The van der Waals surface area contributed by atoms with E-state index in [1.54, 1.807) is 0 Å². The van der Waals surface area contributed by atoms with Crippen LogP contribution in [0, 0.1) is 12.3 Å². The average molecular weight is 220 g/mol. The highest BCUT2D eigenvalue weighted by molar-refractivity contribution is 5.48. The lowest BCUT2D eigenvalue weighted by molar-refractivity contribution is 0.0300. The van der Waals surface area contributed by atoms with Crippen molar-refractivity contribution >= 4 is 5.69 Å². The van der Waals surface area contributed by atoms with Gasteiger partial charge in [0.15, 0.2) is 0 Å². The summed E-state index contributed by atoms with van der Waals surface area (Å²) in [5, 5.41) is 3.53. The summed E-state index contributed by atoms with van der Waals surface area (Å²) in [4.78, 5) is 4.10. The van der Waals surface area contributed by atoms with Crippen LogP contribution in [0.3, 0.4) is 0 Å². The Balaban J connectivity index is 1.94. The molecule has 88 valence electrons. The first-order chi connectivity index (χ1) is 7.70. The van der Waals surface area contributed by atoms with Gasteiger partial charge in [-0.25, -0.2) is 0 Å². The van der Waals surface area contributed by atoms with Crippen molar-refractivity contribution in [1.82, 2.24) is 4.98 Å². The largest absolute Gasteiger partial charge is 0.384 e. The Bertz CT molecular complexity index is 346. The van der Waals surface area contributed by atoms with Crippen molar-refractivity contribution in [2.75, 3.05) is 25.1 Å². The lowest BCUT2D eigenvalue weighted by Crippen LogP contribution is -2.33. The first kappa shape index (κ1) is 11.4. The van der Waals surface area contributed by atoms with Gasteiger partial charge in [-0.2, -0.15) is 0 Å². The Labute approximate surface area is 97.2 Å². The van der Waals surface area contributed by atoms with E-state index in [2.05, 4.69) is 24.1 Å². The molecule has 2 heterocycles. The number of hydrogen-bond donors (Lipinski definition) is 1. The highest BCUT2D eigenvalue weighted by Crippen LogP contribution is 2.30. The molecule has 1 fully saturated rings. The predicted molar refractivity (Wildman–Crippen MR) is 65.6 cm³/mol. The Hall–Kier alpha value is -1.09. The monoisotopic (exact) mass is 220 g/mol. The molecule has 0 unspecified atom stereocenters. The van der Waals surface area contributed by atoms with Crippen LogP contribution in [-0.4, -0.2) is 24.7 Å². The van der Waals surface area contributed by atoms with E-state index in [4.69, 9.17) is 4.74 Å². The molecular formula is C13H20N2O. The number of rotatable bonds is 3. The van der Waals surface area contributed by atoms with Gasteiger partial charge in [0.2, 0.25) is 0 Å². The summed E-state index contributed by atoms with van der Waals surface area (Å²) in [6.45, 7) is 7.23. The van der Waals surface area contributed by atoms with E-state index >= 15 is 0 Å². The van der Waals surface area contributed by atoms with Crippen LogP contribution < -0.4 is 5.32 Å². The van der Waals surface area contributed by atoms with Crippen LogP contribution in [0.2, 0.25) is 0 Å². The molecule has 16 heavy (non-hydrogen) atoms. The second-order valence-electron chi connectivity index (χ2n) is 4.97. The van der Waals surface area contributed by atoms with Gasteiger partial charge in [-0.1, -0.05) is 6.92 Å². The van der Waals surface area contributed by atoms with Gasteiger partial charge in [0, 0.05) is 37.8 Å². The van der Waals surface area contributed by atoms with E-state index in [1.807, 2.05) is 18.5 Å². The van der Waals surface area contributed by atoms with Crippen LogP contribution in [0.1, 0.15) is 25.3 Å². The van der Waals surface area contributed by atoms with Crippen molar-refractivity contribution in [2.45, 2.75) is 26.7 Å². The zero-order valence-electron chi connectivity index (χ0n) is 10.1. The van der Waals surface area contributed by atoms with E-state index < -0.39 is 0 Å². The minimum absolute atomic E-state index is 0.369. The third kappa shape index (κ3) is 2.73. The molecule has 3 heteroatoms. The normalized spacial score (nSPS) is 19.4. The third-order valence-electron chi connectivity index (χ3n) is 3.43. The predicted octanol–water partition coefficient (Wildman–Crippen LogP) is 2.62. The van der Waals surface area contributed by atoms with Crippen LogP contribution >= 0.6 is 0 Å². The number of anilines is 1. The smallest absolute Gasteiger partial charge is 0.0471 e. The fourth-order valence-corrected chi connectivity index (χ4v) is 2.02. The molecule has 0 aromatic carbocycles. The minimum atomic E-state index is 0.369. The molecule has 1 aromatic rings. The van der Waals surface area contributed by atoms with Crippen molar-refractivity contribution in [3.8, 4) is 0 Å². The van der Waals surface area contributed by atoms with Crippen LogP contribution in [0.5, 0.6) is 0 Å². The molecule has 0 aliphatic carbocycles. The Kier molecular flexibility index (Phi) is 3.44. The first-order valence-corrected chi connectivity index (χ1v) is 5.92. The molecule has 0 amide bonds. The van der Waals surface area contributed by atoms with Crippen LogP contribution in [-0.2, 0) is 4.74 Å². The van der Waals surface area contributed by atoms with Gasteiger partial charge in [-0.3, -0.25) is 4.98 Å². The summed E-state index contributed by atoms with van der Waals surface area (Å²) in [5.41, 5.74) is 2.77. The maximum absolute atomic E-state index is 5.40. The molecule has 0 saturated carbocycles. The van der Waals surface area contributed by atoms with Crippen molar-refractivity contribution < 1.29 is 4.74 Å². The molecule has 0 bridgehead atoms. The molecule has 1 aromatic heterocycles. The van der Waals surface area contributed by atoms with Crippen LogP contribution in [0.15, 0.2) is 18.5 Å². The fourth-order valence-electron chi connectivity index (χ4n) is 2.02. The van der Waals surface area contributed by atoms with Crippen molar-refractivity contribution in [2.24, 2.45) is 5.41 Å². The third-order valence-corrected chi connectivity index (χ3v) is 3.43. The van der Waals surface area contributed by atoms with E-state index in [9.17, 15) is 0 Å². The lowest BCUT2D eigenvalue weighted by atomic mass is 9.82. The maximum Gasteiger partial charge on any atom is 0.0471 e. The summed E-state index contributed by atoms with van der Waals surface area (Å²) in [6.07, 6.45) is 6.02. The highest BCUT2D eigenvalue weighted by atomic mass is 16.5. The first-order valence-electron chi connectivity index (χ1n) is 5.92. The number of hydrogen-bond acceptors (Lipinski definition) is 3. The number of aryl methyl sites for hydroxylation is 1. The molecule has 1 aliphatic rings. The van der Waals surface area contributed by atoms with Gasteiger partial charge in [-0.15, -0.1) is 0 Å². The SMILES string of the molecule is Cc1cnccc1NCC1(C)CCOCC1. The van der Waals surface area contributed by atoms with Gasteiger partial charge < -0.3 is 10.1 Å².